The summed E-state index contributed by atoms with van der Waals surface area (Å²) in [7, 11) is 0. The number of hydrogen-bond donors (Lipinski definition) is 1. The minimum Gasteiger partial charge on any atom is -0.340 e. The number of terminal acetylenes is 1. The number of carbonyl (C=O) groups excluding carboxylic acids is 2. The van der Waals surface area contributed by atoms with E-state index in [0.717, 1.165) is 32.1 Å². The maximum Gasteiger partial charge on any atom is 0.249 e. The third kappa shape index (κ3) is 2.22. The minimum atomic E-state index is -0.642. The Labute approximate surface area is 108 Å². The lowest BCUT2D eigenvalue weighted by molar-refractivity contribution is -0.153. The minimum absolute atomic E-state index is 0.0552. The number of nitrogens with zero attached hydrogens (tertiary/aromatic N) is 1. The van der Waals surface area contributed by atoms with Crippen LogP contribution in [0.25, 0.3) is 0 Å². The van der Waals surface area contributed by atoms with Gasteiger partial charge in [-0.15, -0.1) is 12.3 Å². The van der Waals surface area contributed by atoms with Crippen LogP contribution in [0, 0.1) is 12.3 Å². The van der Waals surface area contributed by atoms with Gasteiger partial charge in [0.2, 0.25) is 11.8 Å². The van der Waals surface area contributed by atoms with Crippen molar-refractivity contribution in [3.63, 3.8) is 0 Å². The van der Waals surface area contributed by atoms with E-state index in [1.807, 2.05) is 6.92 Å². The van der Waals surface area contributed by atoms with Gasteiger partial charge in [0.1, 0.15) is 5.54 Å². The van der Waals surface area contributed by atoms with E-state index >= 15 is 0 Å². The fourth-order valence-electron chi connectivity index (χ4n) is 2.99. The zero-order valence-electron chi connectivity index (χ0n) is 10.9. The molecular formula is C14H20N2O2. The first kappa shape index (κ1) is 12.9. The summed E-state index contributed by atoms with van der Waals surface area (Å²) in [6.45, 7) is 2.05. The Balaban J connectivity index is 2.20. The summed E-state index contributed by atoms with van der Waals surface area (Å²) in [5, 5.41) is 2.93. The van der Waals surface area contributed by atoms with Gasteiger partial charge in [-0.25, -0.2) is 0 Å². The molecule has 1 atom stereocenters. The number of amides is 2. The Kier molecular flexibility index (Phi) is 3.60. The van der Waals surface area contributed by atoms with Crippen LogP contribution in [-0.2, 0) is 9.59 Å². The van der Waals surface area contributed by atoms with E-state index in [0.29, 0.717) is 6.42 Å². The molecule has 4 nitrogen and oxygen atoms in total. The van der Waals surface area contributed by atoms with E-state index in [9.17, 15) is 9.59 Å². The molecule has 2 amide bonds. The lowest BCUT2D eigenvalue weighted by Crippen LogP contribution is -2.68. The van der Waals surface area contributed by atoms with Gasteiger partial charge in [-0.3, -0.25) is 9.59 Å². The highest BCUT2D eigenvalue weighted by Crippen LogP contribution is 2.32. The Morgan fingerprint density at radius 1 is 1.39 bits per heavy atom. The molecule has 1 saturated carbocycles. The van der Waals surface area contributed by atoms with Crippen molar-refractivity contribution < 1.29 is 9.59 Å². The molecular weight excluding hydrogens is 228 g/mol. The smallest absolute Gasteiger partial charge is 0.249 e. The molecule has 2 fully saturated rings. The van der Waals surface area contributed by atoms with Crippen LogP contribution in [0.3, 0.4) is 0 Å². The molecule has 98 valence electrons. The molecule has 2 aliphatic rings. The van der Waals surface area contributed by atoms with E-state index in [4.69, 9.17) is 6.42 Å². The monoisotopic (exact) mass is 248 g/mol. The van der Waals surface area contributed by atoms with Gasteiger partial charge in [-0.1, -0.05) is 19.3 Å². The van der Waals surface area contributed by atoms with Crippen LogP contribution in [0.15, 0.2) is 0 Å². The molecule has 0 aromatic heterocycles. The van der Waals surface area contributed by atoms with E-state index in [2.05, 4.69) is 11.2 Å². The topological polar surface area (TPSA) is 49.4 Å². The van der Waals surface area contributed by atoms with Crippen molar-refractivity contribution in [2.75, 3.05) is 6.54 Å². The van der Waals surface area contributed by atoms with Crippen molar-refractivity contribution in [3.05, 3.63) is 0 Å². The second-order valence-corrected chi connectivity index (χ2v) is 5.38. The zero-order valence-corrected chi connectivity index (χ0v) is 10.9. The molecule has 0 aromatic carbocycles. The summed E-state index contributed by atoms with van der Waals surface area (Å²) in [5.74, 6) is 2.57. The highest BCUT2D eigenvalue weighted by Gasteiger charge is 2.47. The maximum absolute atomic E-state index is 12.6. The number of hydrogen-bond acceptors (Lipinski definition) is 2. The first-order valence-corrected chi connectivity index (χ1v) is 6.64. The number of nitrogens with one attached hydrogen (secondary N) is 1. The highest BCUT2D eigenvalue weighted by molar-refractivity contribution is 5.98. The van der Waals surface area contributed by atoms with E-state index < -0.39 is 5.54 Å². The van der Waals surface area contributed by atoms with E-state index in [1.165, 1.54) is 0 Å². The molecule has 0 radical (unpaired) electrons. The van der Waals surface area contributed by atoms with Crippen LogP contribution in [-0.4, -0.2) is 34.8 Å². The van der Waals surface area contributed by atoms with Crippen molar-refractivity contribution in [1.82, 2.24) is 10.2 Å². The molecule has 0 aromatic rings. The second kappa shape index (κ2) is 5.01. The third-order valence-electron chi connectivity index (χ3n) is 4.02. The molecule has 1 aliphatic heterocycles. The third-order valence-corrected chi connectivity index (χ3v) is 4.02. The molecule has 1 spiro atoms. The molecule has 0 bridgehead atoms. The predicted octanol–water partition coefficient (Wildman–Crippen LogP) is 1.06. The SMILES string of the molecule is C#CCC(C)N1CC(=O)NC2(CCCCC2)C1=O. The molecule has 1 saturated heterocycles. The van der Waals surface area contributed by atoms with Crippen molar-refractivity contribution in [3.8, 4) is 12.3 Å². The summed E-state index contributed by atoms with van der Waals surface area (Å²) in [5.41, 5.74) is -0.642. The van der Waals surface area contributed by atoms with Crippen LogP contribution in [0.5, 0.6) is 0 Å². The first-order valence-electron chi connectivity index (χ1n) is 6.64. The van der Waals surface area contributed by atoms with Crippen LogP contribution < -0.4 is 5.32 Å². The normalized spacial score (nSPS) is 24.6. The van der Waals surface area contributed by atoms with Crippen molar-refractivity contribution in [2.24, 2.45) is 0 Å². The Morgan fingerprint density at radius 2 is 2.06 bits per heavy atom. The van der Waals surface area contributed by atoms with Gasteiger partial charge < -0.3 is 10.2 Å². The fourth-order valence-corrected chi connectivity index (χ4v) is 2.99. The lowest BCUT2D eigenvalue weighted by atomic mass is 9.79. The quantitative estimate of drug-likeness (QED) is 0.743. The Morgan fingerprint density at radius 3 is 2.67 bits per heavy atom. The van der Waals surface area contributed by atoms with Gasteiger partial charge in [0, 0.05) is 12.5 Å². The molecule has 1 N–H and O–H groups in total. The average molecular weight is 248 g/mol. The molecule has 1 aliphatic carbocycles. The second-order valence-electron chi connectivity index (χ2n) is 5.38. The summed E-state index contributed by atoms with van der Waals surface area (Å²) in [6.07, 6.45) is 10.5. The van der Waals surface area contributed by atoms with Crippen LogP contribution in [0.1, 0.15) is 45.4 Å². The summed E-state index contributed by atoms with van der Waals surface area (Å²) in [4.78, 5) is 26.1. The lowest BCUT2D eigenvalue weighted by Gasteiger charge is -2.45. The Bertz CT molecular complexity index is 391. The maximum atomic E-state index is 12.6. The fraction of sp³-hybridized carbons (Fsp3) is 0.714. The first-order chi connectivity index (χ1) is 8.59. The van der Waals surface area contributed by atoms with Crippen molar-refractivity contribution in [1.29, 1.82) is 0 Å². The summed E-state index contributed by atoms with van der Waals surface area (Å²) >= 11 is 0. The van der Waals surface area contributed by atoms with Gasteiger partial charge in [0.05, 0.1) is 6.54 Å². The van der Waals surface area contributed by atoms with Gasteiger partial charge in [0.25, 0.3) is 0 Å². The standard InChI is InChI=1S/C14H20N2O2/c1-3-7-11(2)16-10-12(17)15-14(13(16)18)8-5-4-6-9-14/h1,11H,4-10H2,2H3,(H,15,17). The molecule has 1 heterocycles. The van der Waals surface area contributed by atoms with Crippen molar-refractivity contribution in [2.45, 2.75) is 57.0 Å². The zero-order chi connectivity index (χ0) is 13.2. The summed E-state index contributed by atoms with van der Waals surface area (Å²) in [6, 6.07) is -0.0626. The van der Waals surface area contributed by atoms with E-state index in [1.54, 1.807) is 4.90 Å². The molecule has 4 heteroatoms. The number of piperazine rings is 1. The molecule has 18 heavy (non-hydrogen) atoms. The Hall–Kier alpha value is -1.50. The van der Waals surface area contributed by atoms with Gasteiger partial charge in [-0.2, -0.15) is 0 Å². The number of carbonyl (C=O) groups is 2. The molecule has 1 unspecified atom stereocenters. The van der Waals surface area contributed by atoms with Gasteiger partial charge in [-0.05, 0) is 19.8 Å². The van der Waals surface area contributed by atoms with Crippen LogP contribution >= 0.6 is 0 Å². The van der Waals surface area contributed by atoms with Crippen molar-refractivity contribution >= 4 is 11.8 Å². The molecule has 2 rings (SSSR count). The number of rotatable bonds is 2. The van der Waals surface area contributed by atoms with Gasteiger partial charge >= 0.3 is 0 Å². The van der Waals surface area contributed by atoms with Crippen LogP contribution in [0.4, 0.5) is 0 Å². The predicted molar refractivity (Wildman–Crippen MR) is 68.6 cm³/mol. The van der Waals surface area contributed by atoms with Crippen LogP contribution in [0.2, 0.25) is 0 Å². The highest BCUT2D eigenvalue weighted by atomic mass is 16.2. The van der Waals surface area contributed by atoms with E-state index in [-0.39, 0.29) is 24.4 Å². The van der Waals surface area contributed by atoms with Gasteiger partial charge in [0.15, 0.2) is 0 Å². The average Bonchev–Trinajstić information content (AvgIpc) is 2.35. The summed E-state index contributed by atoms with van der Waals surface area (Å²) < 4.78 is 0. The largest absolute Gasteiger partial charge is 0.340 e.